The van der Waals surface area contributed by atoms with Gasteiger partial charge in [-0.25, -0.2) is 8.78 Å². The number of ether oxygens (including phenoxy) is 1. The third kappa shape index (κ3) is 5.19. The number of rotatable bonds is 6. The summed E-state index contributed by atoms with van der Waals surface area (Å²) in [6.45, 7) is 4.41. The molecular formula is C24H34F2O. The van der Waals surface area contributed by atoms with Crippen LogP contribution in [0.5, 0.6) is 0 Å². The first kappa shape index (κ1) is 20.5. The lowest BCUT2D eigenvalue weighted by Gasteiger charge is -2.37. The molecule has 2 aliphatic rings. The highest BCUT2D eigenvalue weighted by Crippen LogP contribution is 2.44. The Kier molecular flexibility index (Phi) is 7.46. The van der Waals surface area contributed by atoms with E-state index in [-0.39, 0.29) is 12.2 Å². The maximum absolute atomic E-state index is 14.3. The van der Waals surface area contributed by atoms with E-state index in [2.05, 4.69) is 19.1 Å². The Bertz CT molecular complexity index is 600. The maximum atomic E-state index is 14.3. The van der Waals surface area contributed by atoms with Crippen LogP contribution in [0.4, 0.5) is 8.78 Å². The van der Waals surface area contributed by atoms with E-state index in [0.29, 0.717) is 12.5 Å². The van der Waals surface area contributed by atoms with Crippen molar-refractivity contribution in [2.24, 2.45) is 17.8 Å². The number of halogens is 2. The molecule has 1 aromatic carbocycles. The predicted molar refractivity (Wildman–Crippen MR) is 107 cm³/mol. The Hall–Kier alpha value is -1.22. The molecule has 0 N–H and O–H groups in total. The third-order valence-electron chi connectivity index (χ3n) is 6.80. The van der Waals surface area contributed by atoms with Gasteiger partial charge in [-0.05, 0) is 107 Å². The molecule has 0 saturated heterocycles. The van der Waals surface area contributed by atoms with Crippen LogP contribution in [0.15, 0.2) is 24.3 Å². The van der Waals surface area contributed by atoms with Crippen molar-refractivity contribution in [1.82, 2.24) is 0 Å². The molecule has 1 aromatic rings. The summed E-state index contributed by atoms with van der Waals surface area (Å²) in [5.41, 5.74) is 0.896. The van der Waals surface area contributed by atoms with Gasteiger partial charge in [0.2, 0.25) is 0 Å². The molecule has 150 valence electrons. The number of benzene rings is 1. The highest BCUT2D eigenvalue weighted by atomic mass is 19.1. The molecule has 0 spiro atoms. The highest BCUT2D eigenvalue weighted by molar-refractivity contribution is 5.28. The van der Waals surface area contributed by atoms with Gasteiger partial charge in [0.1, 0.15) is 11.6 Å². The largest absolute Gasteiger partial charge is 0.377 e. The summed E-state index contributed by atoms with van der Waals surface area (Å²) in [5.74, 6) is 1.83. The van der Waals surface area contributed by atoms with Gasteiger partial charge in [0.25, 0.3) is 0 Å². The maximum Gasteiger partial charge on any atom is 0.131 e. The summed E-state index contributed by atoms with van der Waals surface area (Å²) >= 11 is 0. The Balaban J connectivity index is 1.55. The molecule has 0 heterocycles. The molecule has 0 bridgehead atoms. The second-order valence-corrected chi connectivity index (χ2v) is 8.41. The van der Waals surface area contributed by atoms with Gasteiger partial charge in [0.05, 0.1) is 6.61 Å². The summed E-state index contributed by atoms with van der Waals surface area (Å²) in [6, 6.07) is 3.09. The van der Waals surface area contributed by atoms with E-state index in [9.17, 15) is 8.78 Å². The van der Waals surface area contributed by atoms with Gasteiger partial charge in [-0.1, -0.05) is 12.2 Å². The van der Waals surface area contributed by atoms with Crippen LogP contribution in [0.1, 0.15) is 82.3 Å². The van der Waals surface area contributed by atoms with Gasteiger partial charge in [-0.2, -0.15) is 0 Å². The van der Waals surface area contributed by atoms with E-state index in [1.165, 1.54) is 38.5 Å². The fourth-order valence-corrected chi connectivity index (χ4v) is 5.21. The van der Waals surface area contributed by atoms with Crippen molar-refractivity contribution in [2.75, 3.05) is 6.61 Å². The minimum absolute atomic E-state index is 0.0110. The summed E-state index contributed by atoms with van der Waals surface area (Å²) in [7, 11) is 0. The van der Waals surface area contributed by atoms with Crippen LogP contribution in [0.25, 0.3) is 0 Å². The monoisotopic (exact) mass is 376 g/mol. The van der Waals surface area contributed by atoms with Crippen molar-refractivity contribution < 1.29 is 13.5 Å². The molecule has 0 aliphatic heterocycles. The number of hydrogen-bond donors (Lipinski definition) is 0. The molecule has 3 rings (SSSR count). The van der Waals surface area contributed by atoms with E-state index in [1.54, 1.807) is 12.1 Å². The molecule has 2 fully saturated rings. The molecule has 2 aliphatic carbocycles. The van der Waals surface area contributed by atoms with Crippen LogP contribution in [0.3, 0.4) is 0 Å². The van der Waals surface area contributed by atoms with Gasteiger partial charge >= 0.3 is 0 Å². The zero-order valence-electron chi connectivity index (χ0n) is 16.9. The van der Waals surface area contributed by atoms with E-state index in [0.717, 1.165) is 36.2 Å². The topological polar surface area (TPSA) is 9.23 Å². The lowest BCUT2D eigenvalue weighted by atomic mass is 9.68. The van der Waals surface area contributed by atoms with E-state index in [4.69, 9.17) is 4.74 Å². The van der Waals surface area contributed by atoms with Crippen molar-refractivity contribution >= 4 is 0 Å². The average molecular weight is 377 g/mol. The van der Waals surface area contributed by atoms with Crippen molar-refractivity contribution in [3.05, 3.63) is 47.0 Å². The fraction of sp³-hybridized carbons (Fsp3) is 0.667. The molecule has 0 aromatic heterocycles. The van der Waals surface area contributed by atoms with Gasteiger partial charge in [-0.3, -0.25) is 0 Å². The standard InChI is InChI=1S/C24H34F2O/c1-3-5-17-6-8-18(9-7-17)19-10-12-20(13-11-19)21-14-23(25)22(16-27-4-2)24(26)15-21/h3,5,14-15,17-20H,4,6-13,16H2,1-2H3/b5-3+/t17-,18-,19-,20-. The second kappa shape index (κ2) is 9.82. The number of allylic oxidation sites excluding steroid dienone is 2. The summed E-state index contributed by atoms with van der Waals surface area (Å²) in [4.78, 5) is 0. The molecule has 0 amide bonds. The Morgan fingerprint density at radius 3 is 2.00 bits per heavy atom. The van der Waals surface area contributed by atoms with E-state index < -0.39 is 11.6 Å². The second-order valence-electron chi connectivity index (χ2n) is 8.41. The van der Waals surface area contributed by atoms with Gasteiger partial charge in [0, 0.05) is 12.2 Å². The average Bonchev–Trinajstić information content (AvgIpc) is 2.68. The number of hydrogen-bond acceptors (Lipinski definition) is 1. The first-order valence-corrected chi connectivity index (χ1v) is 10.8. The molecule has 1 nitrogen and oxygen atoms in total. The van der Waals surface area contributed by atoms with Crippen molar-refractivity contribution in [1.29, 1.82) is 0 Å². The van der Waals surface area contributed by atoms with Crippen LogP contribution < -0.4 is 0 Å². The minimum Gasteiger partial charge on any atom is -0.377 e. The predicted octanol–water partition coefficient (Wildman–Crippen LogP) is 7.16. The van der Waals surface area contributed by atoms with Gasteiger partial charge in [0.15, 0.2) is 0 Å². The van der Waals surface area contributed by atoms with Crippen LogP contribution >= 0.6 is 0 Å². The lowest BCUT2D eigenvalue weighted by Crippen LogP contribution is -2.25. The normalized spacial score (nSPS) is 29.3. The van der Waals surface area contributed by atoms with Gasteiger partial charge in [-0.15, -0.1) is 0 Å². The lowest BCUT2D eigenvalue weighted by molar-refractivity contribution is 0.128. The highest BCUT2D eigenvalue weighted by Gasteiger charge is 2.31. The van der Waals surface area contributed by atoms with Crippen LogP contribution in [0.2, 0.25) is 0 Å². The zero-order chi connectivity index (χ0) is 19.2. The molecule has 3 heteroatoms. The molecule has 0 unspecified atom stereocenters. The molecule has 2 saturated carbocycles. The Labute approximate surface area is 163 Å². The minimum atomic E-state index is -0.456. The van der Waals surface area contributed by atoms with E-state index in [1.807, 2.05) is 6.92 Å². The smallest absolute Gasteiger partial charge is 0.131 e. The van der Waals surface area contributed by atoms with Crippen molar-refractivity contribution in [2.45, 2.75) is 77.7 Å². The zero-order valence-corrected chi connectivity index (χ0v) is 16.9. The fourth-order valence-electron chi connectivity index (χ4n) is 5.21. The SMILES string of the molecule is C/C=C/[C@H]1CC[C@H]([C@H]2CC[C@H](c3cc(F)c(COCC)c(F)c3)CC2)CC1. The molecule has 0 atom stereocenters. The summed E-state index contributed by atoms with van der Waals surface area (Å²) in [5, 5.41) is 0. The van der Waals surface area contributed by atoms with Crippen LogP contribution in [-0.2, 0) is 11.3 Å². The summed E-state index contributed by atoms with van der Waals surface area (Å²) in [6.07, 6.45) is 14.4. The van der Waals surface area contributed by atoms with Crippen LogP contribution in [-0.4, -0.2) is 6.61 Å². The first-order chi connectivity index (χ1) is 13.1. The van der Waals surface area contributed by atoms with Crippen molar-refractivity contribution in [3.63, 3.8) is 0 Å². The van der Waals surface area contributed by atoms with Crippen LogP contribution in [0, 0.1) is 29.4 Å². The quantitative estimate of drug-likeness (QED) is 0.479. The Morgan fingerprint density at radius 1 is 0.926 bits per heavy atom. The Morgan fingerprint density at radius 2 is 1.48 bits per heavy atom. The molecule has 0 radical (unpaired) electrons. The third-order valence-corrected chi connectivity index (χ3v) is 6.80. The van der Waals surface area contributed by atoms with Crippen molar-refractivity contribution in [3.8, 4) is 0 Å². The van der Waals surface area contributed by atoms with Gasteiger partial charge < -0.3 is 4.74 Å². The molecule has 27 heavy (non-hydrogen) atoms. The summed E-state index contributed by atoms with van der Waals surface area (Å²) < 4.78 is 33.8. The first-order valence-electron chi connectivity index (χ1n) is 10.8. The van der Waals surface area contributed by atoms with E-state index >= 15 is 0 Å². The molecular weight excluding hydrogens is 342 g/mol.